The average molecular weight is 492 g/mol. The molecule has 1 heterocycles. The van der Waals surface area contributed by atoms with Gasteiger partial charge in [-0.25, -0.2) is 8.78 Å². The van der Waals surface area contributed by atoms with Crippen molar-refractivity contribution in [2.24, 2.45) is 12.0 Å². The molecule has 6 nitrogen and oxygen atoms in total. The van der Waals surface area contributed by atoms with Crippen LogP contribution >= 0.6 is 24.0 Å². The summed E-state index contributed by atoms with van der Waals surface area (Å²) < 4.78 is 28.3. The van der Waals surface area contributed by atoms with Crippen LogP contribution < -0.4 is 10.6 Å². The van der Waals surface area contributed by atoms with Crippen molar-refractivity contribution in [2.75, 3.05) is 27.7 Å². The van der Waals surface area contributed by atoms with Crippen LogP contribution in [0.3, 0.4) is 0 Å². The number of aromatic nitrogens is 2. The van der Waals surface area contributed by atoms with Crippen LogP contribution in [0.25, 0.3) is 0 Å². The van der Waals surface area contributed by atoms with Gasteiger partial charge in [0, 0.05) is 32.4 Å². The van der Waals surface area contributed by atoms with Gasteiger partial charge in [0.2, 0.25) is 0 Å². The van der Waals surface area contributed by atoms with Gasteiger partial charge in [0.25, 0.3) is 0 Å². The number of nitrogens with one attached hydrogen (secondary N) is 2. The Kier molecular flexibility index (Phi) is 9.10. The molecule has 150 valence electrons. The average Bonchev–Trinajstić information content (AvgIpc) is 3.02. The third kappa shape index (κ3) is 6.42. The van der Waals surface area contributed by atoms with E-state index >= 15 is 0 Å². The molecular formula is C18H27F2IN6. The first-order valence-electron chi connectivity index (χ1n) is 8.39. The largest absolute Gasteiger partial charge is 0.354 e. The zero-order chi connectivity index (χ0) is 19.3. The summed E-state index contributed by atoms with van der Waals surface area (Å²) >= 11 is 0. The molecule has 2 rings (SSSR count). The third-order valence-electron chi connectivity index (χ3n) is 4.22. The number of aliphatic imine (C=N–C) groups is 1. The highest BCUT2D eigenvalue weighted by Crippen LogP contribution is 2.17. The molecule has 0 saturated carbocycles. The van der Waals surface area contributed by atoms with E-state index in [-0.39, 0.29) is 36.1 Å². The number of nitrogens with zero attached hydrogens (tertiary/aromatic N) is 4. The number of hydrogen-bond acceptors (Lipinski definition) is 3. The second-order valence-electron chi connectivity index (χ2n) is 6.42. The lowest BCUT2D eigenvalue weighted by atomic mass is 10.1. The fourth-order valence-electron chi connectivity index (χ4n) is 2.67. The molecule has 0 aliphatic carbocycles. The summed E-state index contributed by atoms with van der Waals surface area (Å²) in [6.07, 6.45) is 3.82. The Bertz CT molecular complexity index is 762. The Hall–Kier alpha value is -1.75. The predicted octanol–water partition coefficient (Wildman–Crippen LogP) is 2.85. The van der Waals surface area contributed by atoms with Crippen molar-refractivity contribution in [1.82, 2.24) is 25.3 Å². The third-order valence-corrected chi connectivity index (χ3v) is 4.22. The van der Waals surface area contributed by atoms with Gasteiger partial charge in [-0.2, -0.15) is 5.10 Å². The van der Waals surface area contributed by atoms with Crippen LogP contribution in [0.1, 0.15) is 30.1 Å². The van der Waals surface area contributed by atoms with E-state index in [1.54, 1.807) is 17.8 Å². The Balaban J connectivity index is 0.00000364. The van der Waals surface area contributed by atoms with Gasteiger partial charge in [-0.1, -0.05) is 6.07 Å². The number of likely N-dealkylation sites (N-methyl/N-ethyl adjacent to an activating group) is 1. The highest BCUT2D eigenvalue weighted by atomic mass is 127. The van der Waals surface area contributed by atoms with Crippen molar-refractivity contribution in [2.45, 2.75) is 19.0 Å². The van der Waals surface area contributed by atoms with Gasteiger partial charge in [-0.3, -0.25) is 9.67 Å². The van der Waals surface area contributed by atoms with E-state index in [4.69, 9.17) is 0 Å². The Morgan fingerprint density at radius 1 is 1.26 bits per heavy atom. The Morgan fingerprint density at radius 3 is 2.48 bits per heavy atom. The normalized spacial score (nSPS) is 13.9. The number of guanidine groups is 1. The smallest absolute Gasteiger partial charge is 0.191 e. The van der Waals surface area contributed by atoms with E-state index in [1.807, 2.05) is 40.5 Å². The molecule has 27 heavy (non-hydrogen) atoms. The molecule has 1 aromatic carbocycles. The van der Waals surface area contributed by atoms with Gasteiger partial charge in [0.05, 0.1) is 18.3 Å². The summed E-state index contributed by atoms with van der Waals surface area (Å²) in [7, 11) is 7.55. The second-order valence-corrected chi connectivity index (χ2v) is 6.42. The molecule has 0 saturated heterocycles. The van der Waals surface area contributed by atoms with Crippen LogP contribution in [-0.2, 0) is 7.05 Å². The monoisotopic (exact) mass is 492 g/mol. The molecule has 2 atom stereocenters. The number of aryl methyl sites for hydroxylation is 1. The zero-order valence-corrected chi connectivity index (χ0v) is 18.5. The van der Waals surface area contributed by atoms with E-state index in [0.717, 1.165) is 11.6 Å². The van der Waals surface area contributed by atoms with Crippen LogP contribution in [0.4, 0.5) is 8.78 Å². The minimum absolute atomic E-state index is 0. The molecule has 0 spiro atoms. The number of halogens is 3. The summed E-state index contributed by atoms with van der Waals surface area (Å²) in [5.41, 5.74) is 1.73. The molecule has 2 unspecified atom stereocenters. The first-order chi connectivity index (χ1) is 12.3. The van der Waals surface area contributed by atoms with E-state index in [2.05, 4.69) is 25.6 Å². The molecular weight excluding hydrogens is 465 g/mol. The first kappa shape index (κ1) is 23.3. The number of benzene rings is 1. The maximum Gasteiger partial charge on any atom is 0.191 e. The number of hydrogen-bond donors (Lipinski definition) is 2. The molecule has 0 bridgehead atoms. The summed E-state index contributed by atoms with van der Waals surface area (Å²) in [5, 5.41) is 10.7. The maximum absolute atomic E-state index is 13.4. The van der Waals surface area contributed by atoms with Gasteiger partial charge in [-0.15, -0.1) is 24.0 Å². The molecule has 0 fully saturated rings. The van der Waals surface area contributed by atoms with E-state index in [9.17, 15) is 8.78 Å². The standard InChI is InChI=1S/C18H26F2N6.HI/c1-12(13-6-7-15(19)16(20)8-13)24-18(21-2)22-10-17(25(3)4)14-9-23-26(5)11-14;/h6-9,11-12,17H,10H2,1-5H3,(H2,21,22,24);1H. The van der Waals surface area contributed by atoms with Crippen molar-refractivity contribution in [3.05, 3.63) is 53.4 Å². The molecule has 0 aliphatic heterocycles. The topological polar surface area (TPSA) is 57.5 Å². The van der Waals surface area contributed by atoms with Gasteiger partial charge in [0.1, 0.15) is 0 Å². The Morgan fingerprint density at radius 2 is 1.96 bits per heavy atom. The highest BCUT2D eigenvalue weighted by molar-refractivity contribution is 14.0. The fraction of sp³-hybridized carbons (Fsp3) is 0.444. The number of rotatable bonds is 6. The molecule has 0 radical (unpaired) electrons. The van der Waals surface area contributed by atoms with Gasteiger partial charge in [0.15, 0.2) is 17.6 Å². The fourth-order valence-corrected chi connectivity index (χ4v) is 2.67. The predicted molar refractivity (Wildman–Crippen MR) is 114 cm³/mol. The second kappa shape index (κ2) is 10.5. The van der Waals surface area contributed by atoms with E-state index in [0.29, 0.717) is 18.1 Å². The SMILES string of the molecule is CN=C(NCC(c1cnn(C)c1)N(C)C)NC(C)c1ccc(F)c(F)c1.I. The lowest BCUT2D eigenvalue weighted by Crippen LogP contribution is -2.42. The lowest BCUT2D eigenvalue weighted by molar-refractivity contribution is 0.298. The van der Waals surface area contributed by atoms with Crippen LogP contribution in [0.5, 0.6) is 0 Å². The van der Waals surface area contributed by atoms with Crippen LogP contribution in [-0.4, -0.2) is 48.3 Å². The van der Waals surface area contributed by atoms with Crippen LogP contribution in [0, 0.1) is 11.6 Å². The van der Waals surface area contributed by atoms with Crippen LogP contribution in [0.2, 0.25) is 0 Å². The zero-order valence-electron chi connectivity index (χ0n) is 16.2. The van der Waals surface area contributed by atoms with Gasteiger partial charge >= 0.3 is 0 Å². The quantitative estimate of drug-likeness (QED) is 0.370. The van der Waals surface area contributed by atoms with Crippen molar-refractivity contribution in [1.29, 1.82) is 0 Å². The van der Waals surface area contributed by atoms with E-state index in [1.165, 1.54) is 6.07 Å². The highest BCUT2D eigenvalue weighted by Gasteiger charge is 2.17. The lowest BCUT2D eigenvalue weighted by Gasteiger charge is -2.25. The molecule has 2 aromatic rings. The summed E-state index contributed by atoms with van der Waals surface area (Å²) in [4.78, 5) is 6.30. The molecule has 2 N–H and O–H groups in total. The van der Waals surface area contributed by atoms with Crippen LogP contribution in [0.15, 0.2) is 35.6 Å². The molecule has 0 amide bonds. The maximum atomic E-state index is 13.4. The summed E-state index contributed by atoms with van der Waals surface area (Å²) in [6.45, 7) is 2.48. The van der Waals surface area contributed by atoms with Crippen molar-refractivity contribution >= 4 is 29.9 Å². The van der Waals surface area contributed by atoms with E-state index < -0.39 is 11.6 Å². The molecule has 9 heteroatoms. The first-order valence-corrected chi connectivity index (χ1v) is 8.39. The van der Waals surface area contributed by atoms with Crippen molar-refractivity contribution < 1.29 is 8.78 Å². The Labute approximate surface area is 176 Å². The van der Waals surface area contributed by atoms with Gasteiger partial charge < -0.3 is 15.5 Å². The summed E-state index contributed by atoms with van der Waals surface area (Å²) in [6, 6.07) is 3.76. The molecule has 0 aliphatic rings. The minimum Gasteiger partial charge on any atom is -0.354 e. The minimum atomic E-state index is -0.858. The van der Waals surface area contributed by atoms with Crippen molar-refractivity contribution in [3.63, 3.8) is 0 Å². The van der Waals surface area contributed by atoms with Gasteiger partial charge in [-0.05, 0) is 38.7 Å². The van der Waals surface area contributed by atoms with Crippen molar-refractivity contribution in [3.8, 4) is 0 Å². The molecule has 1 aromatic heterocycles. The summed E-state index contributed by atoms with van der Waals surface area (Å²) in [5.74, 6) is -1.13.